The van der Waals surface area contributed by atoms with Crippen LogP contribution in [-0.2, 0) is 6.54 Å². The van der Waals surface area contributed by atoms with Gasteiger partial charge in [0.05, 0.1) is 12.8 Å². The van der Waals surface area contributed by atoms with E-state index in [9.17, 15) is 4.79 Å². The standard InChI is InChI=1S/C23H31N3O3/c1-28-21-12-6-5-8-18(21)16-26-13-7-9-17(15-26)20-14-22(29-25-20)23(27)24-19-10-3-2-4-11-19/h5-6,8,12,14,17,19H,2-4,7,9-11,13,15-16H2,1H3,(H,24,27)/t17-/m0/s1. The number of para-hydroxylation sites is 1. The van der Waals surface area contributed by atoms with Gasteiger partial charge in [-0.25, -0.2) is 0 Å². The molecule has 1 saturated heterocycles. The van der Waals surface area contributed by atoms with Crippen LogP contribution in [-0.4, -0.2) is 42.2 Å². The number of rotatable bonds is 6. The lowest BCUT2D eigenvalue weighted by Crippen LogP contribution is -2.36. The van der Waals surface area contributed by atoms with Gasteiger partial charge in [0.15, 0.2) is 0 Å². The number of carbonyl (C=O) groups excluding carboxylic acids is 1. The quantitative estimate of drug-likeness (QED) is 0.794. The van der Waals surface area contributed by atoms with Crippen molar-refractivity contribution in [1.82, 2.24) is 15.4 Å². The van der Waals surface area contributed by atoms with E-state index in [2.05, 4.69) is 21.4 Å². The molecular formula is C23H31N3O3. The summed E-state index contributed by atoms with van der Waals surface area (Å²) in [5.41, 5.74) is 2.09. The Balaban J connectivity index is 1.36. The van der Waals surface area contributed by atoms with Gasteiger partial charge in [0.2, 0.25) is 5.76 Å². The van der Waals surface area contributed by atoms with E-state index in [4.69, 9.17) is 9.26 Å². The Bertz CT molecular complexity index is 813. The highest BCUT2D eigenvalue weighted by Gasteiger charge is 2.26. The van der Waals surface area contributed by atoms with E-state index in [1.807, 2.05) is 24.3 Å². The molecule has 2 aliphatic rings. The average molecular weight is 398 g/mol. The summed E-state index contributed by atoms with van der Waals surface area (Å²) in [4.78, 5) is 14.9. The average Bonchev–Trinajstić information content (AvgIpc) is 3.26. The Hall–Kier alpha value is -2.34. The highest BCUT2D eigenvalue weighted by atomic mass is 16.5. The summed E-state index contributed by atoms with van der Waals surface area (Å²) in [5, 5.41) is 7.35. The van der Waals surface area contributed by atoms with Crippen LogP contribution in [0.5, 0.6) is 5.75 Å². The molecule has 1 saturated carbocycles. The molecule has 0 radical (unpaired) electrons. The van der Waals surface area contributed by atoms with Gasteiger partial charge in [0.25, 0.3) is 5.91 Å². The fourth-order valence-electron chi connectivity index (χ4n) is 4.61. The number of carbonyl (C=O) groups is 1. The monoisotopic (exact) mass is 397 g/mol. The molecule has 1 aliphatic carbocycles. The molecule has 156 valence electrons. The Kier molecular flexibility index (Phi) is 6.49. The Morgan fingerprint density at radius 3 is 2.86 bits per heavy atom. The number of aromatic nitrogens is 1. The summed E-state index contributed by atoms with van der Waals surface area (Å²) in [7, 11) is 1.72. The van der Waals surface area contributed by atoms with Gasteiger partial charge in [-0.05, 0) is 38.3 Å². The fraction of sp³-hybridized carbons (Fsp3) is 0.565. The second-order valence-corrected chi connectivity index (χ2v) is 8.31. The minimum absolute atomic E-state index is 0.127. The molecule has 2 heterocycles. The minimum Gasteiger partial charge on any atom is -0.496 e. The predicted octanol–water partition coefficient (Wildman–Crippen LogP) is 4.13. The predicted molar refractivity (Wildman–Crippen MR) is 111 cm³/mol. The molecule has 0 bridgehead atoms. The highest BCUT2D eigenvalue weighted by molar-refractivity contribution is 5.91. The van der Waals surface area contributed by atoms with Crippen molar-refractivity contribution in [3.8, 4) is 5.75 Å². The number of likely N-dealkylation sites (tertiary alicyclic amines) is 1. The molecule has 1 amide bonds. The third-order valence-corrected chi connectivity index (χ3v) is 6.20. The second-order valence-electron chi connectivity index (χ2n) is 8.31. The van der Waals surface area contributed by atoms with Crippen molar-refractivity contribution in [3.63, 3.8) is 0 Å². The molecule has 1 atom stereocenters. The zero-order chi connectivity index (χ0) is 20.1. The number of nitrogens with one attached hydrogen (secondary N) is 1. The first kappa shape index (κ1) is 20.0. The number of hydrogen-bond acceptors (Lipinski definition) is 5. The molecule has 0 unspecified atom stereocenters. The molecule has 1 aliphatic heterocycles. The molecule has 1 aromatic carbocycles. The molecular weight excluding hydrogens is 366 g/mol. The summed E-state index contributed by atoms with van der Waals surface area (Å²) < 4.78 is 10.9. The summed E-state index contributed by atoms with van der Waals surface area (Å²) in [5.74, 6) is 1.43. The first-order valence-electron chi connectivity index (χ1n) is 10.8. The van der Waals surface area contributed by atoms with Gasteiger partial charge in [0, 0.05) is 36.7 Å². The van der Waals surface area contributed by atoms with Gasteiger partial charge in [-0.3, -0.25) is 9.69 Å². The Morgan fingerprint density at radius 2 is 2.03 bits per heavy atom. The largest absolute Gasteiger partial charge is 0.496 e. The van der Waals surface area contributed by atoms with Crippen LogP contribution in [0.25, 0.3) is 0 Å². The number of piperidine rings is 1. The van der Waals surface area contributed by atoms with Gasteiger partial charge in [-0.1, -0.05) is 42.6 Å². The lowest BCUT2D eigenvalue weighted by atomic mass is 9.94. The van der Waals surface area contributed by atoms with Crippen LogP contribution in [0.1, 0.15) is 72.7 Å². The van der Waals surface area contributed by atoms with E-state index in [1.165, 1.54) is 24.8 Å². The number of amides is 1. The fourth-order valence-corrected chi connectivity index (χ4v) is 4.61. The number of hydrogen-bond donors (Lipinski definition) is 1. The van der Waals surface area contributed by atoms with Crippen LogP contribution < -0.4 is 10.1 Å². The number of benzene rings is 1. The van der Waals surface area contributed by atoms with Crippen LogP contribution in [0.4, 0.5) is 0 Å². The van der Waals surface area contributed by atoms with E-state index < -0.39 is 0 Å². The third-order valence-electron chi connectivity index (χ3n) is 6.20. The highest BCUT2D eigenvalue weighted by Crippen LogP contribution is 2.29. The maximum absolute atomic E-state index is 12.5. The molecule has 29 heavy (non-hydrogen) atoms. The smallest absolute Gasteiger partial charge is 0.290 e. The maximum atomic E-state index is 12.5. The van der Waals surface area contributed by atoms with Gasteiger partial charge >= 0.3 is 0 Å². The van der Waals surface area contributed by atoms with Crippen LogP contribution in [0.2, 0.25) is 0 Å². The first-order chi connectivity index (χ1) is 14.2. The van der Waals surface area contributed by atoms with Gasteiger partial charge in [-0.15, -0.1) is 0 Å². The molecule has 4 rings (SSSR count). The van der Waals surface area contributed by atoms with E-state index in [0.717, 1.165) is 56.8 Å². The Labute approximate surface area is 172 Å². The summed E-state index contributed by atoms with van der Waals surface area (Å²) in [6.07, 6.45) is 7.95. The van der Waals surface area contributed by atoms with Crippen molar-refractivity contribution in [2.24, 2.45) is 0 Å². The van der Waals surface area contributed by atoms with Crippen LogP contribution in [0.3, 0.4) is 0 Å². The van der Waals surface area contributed by atoms with Crippen molar-refractivity contribution in [2.75, 3.05) is 20.2 Å². The number of methoxy groups -OCH3 is 1. The summed E-state index contributed by atoms with van der Waals surface area (Å²) in [6.45, 7) is 2.82. The lowest BCUT2D eigenvalue weighted by Gasteiger charge is -2.32. The topological polar surface area (TPSA) is 67.6 Å². The molecule has 6 heteroatoms. The third kappa shape index (κ3) is 4.99. The van der Waals surface area contributed by atoms with Gasteiger partial charge in [0.1, 0.15) is 5.75 Å². The minimum atomic E-state index is -0.127. The van der Waals surface area contributed by atoms with E-state index >= 15 is 0 Å². The molecule has 1 aromatic heterocycles. The maximum Gasteiger partial charge on any atom is 0.290 e. The van der Waals surface area contributed by atoms with Crippen molar-refractivity contribution in [3.05, 3.63) is 47.3 Å². The molecule has 0 spiro atoms. The molecule has 2 fully saturated rings. The van der Waals surface area contributed by atoms with Gasteiger partial charge in [-0.2, -0.15) is 0 Å². The summed E-state index contributed by atoms with van der Waals surface area (Å²) in [6, 6.07) is 10.3. The first-order valence-corrected chi connectivity index (χ1v) is 10.8. The normalized spacial score (nSPS) is 21.1. The van der Waals surface area contributed by atoms with Gasteiger partial charge < -0.3 is 14.6 Å². The summed E-state index contributed by atoms with van der Waals surface area (Å²) >= 11 is 0. The molecule has 6 nitrogen and oxygen atoms in total. The Morgan fingerprint density at radius 1 is 1.21 bits per heavy atom. The SMILES string of the molecule is COc1ccccc1CN1CCC[C@H](c2cc(C(=O)NC3CCCCC3)on2)C1. The number of nitrogens with zero attached hydrogens (tertiary/aromatic N) is 2. The van der Waals surface area contributed by atoms with Crippen molar-refractivity contribution >= 4 is 5.91 Å². The number of ether oxygens (including phenoxy) is 1. The lowest BCUT2D eigenvalue weighted by molar-refractivity contribution is 0.0890. The van der Waals surface area contributed by atoms with Crippen molar-refractivity contribution < 1.29 is 14.1 Å². The van der Waals surface area contributed by atoms with Crippen molar-refractivity contribution in [2.45, 2.75) is 63.5 Å². The van der Waals surface area contributed by atoms with E-state index in [0.29, 0.717) is 11.7 Å². The van der Waals surface area contributed by atoms with Crippen molar-refractivity contribution in [1.29, 1.82) is 0 Å². The van der Waals surface area contributed by atoms with Crippen LogP contribution in [0, 0.1) is 0 Å². The molecule has 1 N–H and O–H groups in total. The van der Waals surface area contributed by atoms with E-state index in [-0.39, 0.29) is 11.9 Å². The zero-order valence-electron chi connectivity index (χ0n) is 17.2. The molecule has 2 aromatic rings. The van der Waals surface area contributed by atoms with E-state index in [1.54, 1.807) is 7.11 Å². The van der Waals surface area contributed by atoms with Crippen LogP contribution in [0.15, 0.2) is 34.9 Å². The second kappa shape index (κ2) is 9.44. The van der Waals surface area contributed by atoms with Crippen LogP contribution >= 0.6 is 0 Å². The zero-order valence-corrected chi connectivity index (χ0v) is 17.2.